The maximum Gasteiger partial charge on any atom is 0.330 e. The van der Waals surface area contributed by atoms with Crippen LogP contribution in [0.4, 0.5) is 10.5 Å². The Bertz CT molecular complexity index is 2020. The number of benzene rings is 2. The summed E-state index contributed by atoms with van der Waals surface area (Å²) < 4.78 is 10.6. The second kappa shape index (κ2) is 15.7. The quantitative estimate of drug-likeness (QED) is 0.180. The number of urea groups is 1. The van der Waals surface area contributed by atoms with Crippen LogP contribution in [0.15, 0.2) is 72.3 Å². The maximum absolute atomic E-state index is 14.6. The van der Waals surface area contributed by atoms with Crippen LogP contribution in [0.3, 0.4) is 0 Å². The number of nitrogens with one attached hydrogen (secondary N) is 3. The molecule has 54 heavy (non-hydrogen) atoms. The number of fused-ring (bicyclic) bond motifs is 2. The fourth-order valence-corrected chi connectivity index (χ4v) is 7.78. The van der Waals surface area contributed by atoms with Crippen molar-refractivity contribution < 1.29 is 33.8 Å². The summed E-state index contributed by atoms with van der Waals surface area (Å²) in [4.78, 5) is 62.1. The Morgan fingerprint density at radius 3 is 2.39 bits per heavy atom. The molecular formula is C38H42N8O7S. The molecule has 5 atom stereocenters. The lowest BCUT2D eigenvalue weighted by atomic mass is 10.0. The number of thiazole rings is 1. The fraction of sp³-hybridized carbons (Fsp3) is 0.395. The van der Waals surface area contributed by atoms with Gasteiger partial charge in [-0.3, -0.25) is 9.59 Å². The van der Waals surface area contributed by atoms with Gasteiger partial charge in [-0.15, -0.1) is 16.4 Å². The summed E-state index contributed by atoms with van der Waals surface area (Å²) >= 11 is 1.41. The minimum atomic E-state index is -1.46. The number of aliphatic carboxylic acids is 1. The first kappa shape index (κ1) is 36.6. The summed E-state index contributed by atoms with van der Waals surface area (Å²) in [6.07, 6.45) is 9.23. The normalized spacial score (nSPS) is 24.9. The van der Waals surface area contributed by atoms with Crippen molar-refractivity contribution in [2.75, 3.05) is 26.1 Å². The molecule has 0 unspecified atom stereocenters. The lowest BCUT2D eigenvalue weighted by Crippen LogP contribution is -2.56. The number of hydrogen-bond donors (Lipinski definition) is 4. The van der Waals surface area contributed by atoms with Gasteiger partial charge in [0.15, 0.2) is 0 Å². The summed E-state index contributed by atoms with van der Waals surface area (Å²) in [5.41, 5.74) is 0.939. The van der Waals surface area contributed by atoms with Gasteiger partial charge in [0.25, 0.3) is 0 Å². The number of carbonyl (C=O) groups excluding carboxylic acids is 3. The molecule has 7 rings (SSSR count). The van der Waals surface area contributed by atoms with Crippen LogP contribution in [0.5, 0.6) is 11.5 Å². The van der Waals surface area contributed by atoms with Crippen LogP contribution in [0.1, 0.15) is 51.0 Å². The SMILES string of the molecule is COc1ccc(NC(=O)N[C@H]2CCCCC/C=C\[C@H]3C[C@@]3(C(=O)O)NC(=O)[C@@H]3C[C@@H](n4nc(-c5ccc(OC)cc5)c(-c5nccs5)n4)CN3C2=O)cc1. The average Bonchev–Trinajstić information content (AvgIpc) is 3.63. The first-order chi connectivity index (χ1) is 26.2. The number of aromatic nitrogens is 4. The molecule has 2 aromatic heterocycles. The summed E-state index contributed by atoms with van der Waals surface area (Å²) in [6.45, 7) is 0.0483. The number of methoxy groups -OCH3 is 2. The molecule has 2 aliphatic heterocycles. The Hall–Kier alpha value is -5.77. The van der Waals surface area contributed by atoms with Crippen LogP contribution >= 0.6 is 11.3 Å². The Morgan fingerprint density at radius 2 is 1.70 bits per heavy atom. The molecule has 0 bridgehead atoms. The van der Waals surface area contributed by atoms with E-state index < -0.39 is 47.5 Å². The highest BCUT2D eigenvalue weighted by Crippen LogP contribution is 2.46. The molecule has 4 heterocycles. The van der Waals surface area contributed by atoms with E-state index in [1.165, 1.54) is 21.0 Å². The lowest BCUT2D eigenvalue weighted by molar-refractivity contribution is -0.145. The van der Waals surface area contributed by atoms with Crippen LogP contribution in [0.25, 0.3) is 22.0 Å². The van der Waals surface area contributed by atoms with Gasteiger partial charge < -0.3 is 35.4 Å². The largest absolute Gasteiger partial charge is 0.497 e. The van der Waals surface area contributed by atoms with Gasteiger partial charge in [-0.2, -0.15) is 9.90 Å². The van der Waals surface area contributed by atoms with Gasteiger partial charge >= 0.3 is 12.0 Å². The van der Waals surface area contributed by atoms with Crippen molar-refractivity contribution in [3.63, 3.8) is 0 Å². The van der Waals surface area contributed by atoms with E-state index in [9.17, 15) is 24.3 Å². The number of ether oxygens (including phenoxy) is 2. The molecule has 15 nitrogen and oxygen atoms in total. The van der Waals surface area contributed by atoms with Crippen molar-refractivity contribution in [1.29, 1.82) is 0 Å². The second-order valence-electron chi connectivity index (χ2n) is 13.7. The van der Waals surface area contributed by atoms with E-state index in [-0.39, 0.29) is 25.3 Å². The first-order valence-electron chi connectivity index (χ1n) is 17.9. The van der Waals surface area contributed by atoms with Gasteiger partial charge in [0.05, 0.1) is 20.3 Å². The lowest BCUT2D eigenvalue weighted by Gasteiger charge is -2.29. The van der Waals surface area contributed by atoms with Gasteiger partial charge in [-0.25, -0.2) is 14.6 Å². The minimum Gasteiger partial charge on any atom is -0.497 e. The van der Waals surface area contributed by atoms with Crippen molar-refractivity contribution in [2.24, 2.45) is 5.92 Å². The number of rotatable bonds is 8. The minimum absolute atomic E-state index is 0.0483. The molecule has 4 amide bonds. The molecule has 1 saturated carbocycles. The van der Waals surface area contributed by atoms with Crippen molar-refractivity contribution in [3.05, 3.63) is 72.3 Å². The predicted octanol–water partition coefficient (Wildman–Crippen LogP) is 4.90. The maximum atomic E-state index is 14.6. The number of carboxylic acids is 1. The van der Waals surface area contributed by atoms with Gasteiger partial charge in [0.1, 0.15) is 45.5 Å². The fourth-order valence-electron chi connectivity index (χ4n) is 7.16. The number of nitrogens with zero attached hydrogens (tertiary/aromatic N) is 5. The topological polar surface area (TPSA) is 190 Å². The molecule has 282 valence electrons. The number of allylic oxidation sites excluding steroid dienone is 1. The highest BCUT2D eigenvalue weighted by atomic mass is 32.1. The molecule has 0 radical (unpaired) electrons. The second-order valence-corrected chi connectivity index (χ2v) is 14.6. The number of carboxylic acid groups (broad SMARTS) is 1. The van der Waals surface area contributed by atoms with E-state index in [0.717, 1.165) is 24.8 Å². The van der Waals surface area contributed by atoms with Gasteiger partial charge in [0, 0.05) is 41.7 Å². The van der Waals surface area contributed by atoms with Crippen molar-refractivity contribution >= 4 is 40.8 Å². The Morgan fingerprint density at radius 1 is 0.981 bits per heavy atom. The third kappa shape index (κ3) is 7.64. The average molecular weight is 755 g/mol. The molecule has 2 aromatic carbocycles. The molecule has 1 aliphatic carbocycles. The molecule has 3 aliphatic rings. The van der Waals surface area contributed by atoms with Gasteiger partial charge in [0.2, 0.25) is 11.8 Å². The summed E-state index contributed by atoms with van der Waals surface area (Å²) in [7, 11) is 3.14. The van der Waals surface area contributed by atoms with Gasteiger partial charge in [-0.05, 0) is 74.2 Å². The summed E-state index contributed by atoms with van der Waals surface area (Å²) in [5, 5.41) is 31.0. The van der Waals surface area contributed by atoms with Crippen LogP contribution in [-0.4, -0.2) is 92.2 Å². The van der Waals surface area contributed by atoms with Crippen LogP contribution in [0.2, 0.25) is 0 Å². The Labute approximate surface area is 315 Å². The molecule has 16 heteroatoms. The van der Waals surface area contributed by atoms with E-state index in [1.807, 2.05) is 41.8 Å². The summed E-state index contributed by atoms with van der Waals surface area (Å²) in [5.74, 6) is -1.20. The van der Waals surface area contributed by atoms with E-state index >= 15 is 0 Å². The molecule has 1 saturated heterocycles. The number of amides is 4. The summed E-state index contributed by atoms with van der Waals surface area (Å²) in [6, 6.07) is 11.1. The third-order valence-corrected chi connectivity index (χ3v) is 11.0. The van der Waals surface area contributed by atoms with Gasteiger partial charge in [-0.1, -0.05) is 25.0 Å². The zero-order valence-corrected chi connectivity index (χ0v) is 30.8. The molecule has 2 fully saturated rings. The first-order valence-corrected chi connectivity index (χ1v) is 18.8. The van der Waals surface area contributed by atoms with Crippen LogP contribution in [-0.2, 0) is 14.4 Å². The Kier molecular flexibility index (Phi) is 10.6. The smallest absolute Gasteiger partial charge is 0.330 e. The molecule has 4 N–H and O–H groups in total. The molecule has 4 aromatic rings. The highest BCUT2D eigenvalue weighted by Gasteiger charge is 2.61. The van der Waals surface area contributed by atoms with Crippen molar-refractivity contribution in [2.45, 2.75) is 68.6 Å². The number of carbonyl (C=O) groups is 4. The third-order valence-electron chi connectivity index (χ3n) is 10.2. The number of hydrogen-bond acceptors (Lipinski definition) is 10. The molecule has 0 spiro atoms. The van der Waals surface area contributed by atoms with Crippen LogP contribution in [0, 0.1) is 5.92 Å². The van der Waals surface area contributed by atoms with E-state index in [4.69, 9.17) is 19.7 Å². The van der Waals surface area contributed by atoms with Crippen molar-refractivity contribution in [3.8, 4) is 33.5 Å². The van der Waals surface area contributed by atoms with E-state index in [2.05, 4.69) is 20.9 Å². The Balaban J connectivity index is 1.21. The van der Waals surface area contributed by atoms with Crippen molar-refractivity contribution in [1.82, 2.24) is 35.5 Å². The number of anilines is 1. The zero-order chi connectivity index (χ0) is 37.8. The van der Waals surface area contributed by atoms with Crippen LogP contribution < -0.4 is 25.4 Å². The monoisotopic (exact) mass is 754 g/mol. The van der Waals surface area contributed by atoms with E-state index in [0.29, 0.717) is 46.4 Å². The zero-order valence-electron chi connectivity index (χ0n) is 29.9. The molecular weight excluding hydrogens is 713 g/mol. The van der Waals surface area contributed by atoms with E-state index in [1.54, 1.807) is 44.7 Å². The predicted molar refractivity (Wildman–Crippen MR) is 200 cm³/mol. The highest BCUT2D eigenvalue weighted by molar-refractivity contribution is 7.13. The standard InChI is InChI=1S/C38H42N8O7S/c1-52-27-14-10-23(11-15-27)31-32(34-39-18-19-54-34)44-46(43-31)26-20-30-33(47)42-38(36(49)50)21-24(38)8-6-4-3-5-7-9-29(35(48)45(30)22-26)41-37(51)40-25-12-16-28(53-2)17-13-25/h6,8,10-19,24,26,29-30H,3-5,7,9,20-22H2,1-2H3,(H,42,47)(H,49,50)(H2,40,41,51)/b8-6-/t24-,26+,29-,30-,38+/m0/s1.